The lowest BCUT2D eigenvalue weighted by atomic mass is 10.3. The summed E-state index contributed by atoms with van der Waals surface area (Å²) in [5.74, 6) is 0.175. The van der Waals surface area contributed by atoms with Crippen LogP contribution in [0.15, 0.2) is 32.3 Å². The lowest BCUT2D eigenvalue weighted by Crippen LogP contribution is -2.22. The summed E-state index contributed by atoms with van der Waals surface area (Å²) in [5.41, 5.74) is 2.40. The minimum Gasteiger partial charge on any atom is -0.364 e. The van der Waals surface area contributed by atoms with Crippen molar-refractivity contribution in [2.45, 2.75) is 13.8 Å². The predicted octanol–water partition coefficient (Wildman–Crippen LogP) is 2.84. The average molecular weight is 436 g/mol. The quantitative estimate of drug-likeness (QED) is 0.363. The van der Waals surface area contributed by atoms with Crippen LogP contribution in [-0.4, -0.2) is 44.1 Å². The summed E-state index contributed by atoms with van der Waals surface area (Å²) in [6.45, 7) is 4.38. The van der Waals surface area contributed by atoms with Crippen molar-refractivity contribution >= 4 is 44.1 Å². The van der Waals surface area contributed by atoms with Gasteiger partial charge in [0, 0.05) is 33.8 Å². The van der Waals surface area contributed by atoms with E-state index in [0.717, 1.165) is 0 Å². The monoisotopic (exact) mass is 435 g/mol. The van der Waals surface area contributed by atoms with Crippen LogP contribution in [0.25, 0.3) is 0 Å². The number of hydroxylamine groups is 1. The third-order valence-corrected chi connectivity index (χ3v) is 4.06. The maximum atomic E-state index is 13.1. The van der Waals surface area contributed by atoms with E-state index < -0.39 is 16.6 Å². The SMILES string of the molecule is CC.CS(=O)CCNc1nonc1C(=Nc1ccc(F)cc1Br)NO. The maximum Gasteiger partial charge on any atom is 0.202 e. The van der Waals surface area contributed by atoms with Gasteiger partial charge in [-0.1, -0.05) is 13.8 Å². The molecule has 0 spiro atoms. The van der Waals surface area contributed by atoms with E-state index in [0.29, 0.717) is 22.5 Å². The van der Waals surface area contributed by atoms with Crippen molar-refractivity contribution in [2.75, 3.05) is 23.9 Å². The molecule has 1 aromatic carbocycles. The second-order valence-electron chi connectivity index (χ2n) is 4.33. The molecular formula is C14H19BrFN5O3S. The molecule has 8 nitrogen and oxygen atoms in total. The van der Waals surface area contributed by atoms with Crippen molar-refractivity contribution in [1.29, 1.82) is 0 Å². The molecule has 0 fully saturated rings. The summed E-state index contributed by atoms with van der Waals surface area (Å²) in [5, 5.41) is 19.5. The summed E-state index contributed by atoms with van der Waals surface area (Å²) in [6.07, 6.45) is 1.58. The van der Waals surface area contributed by atoms with Crippen LogP contribution in [0.5, 0.6) is 0 Å². The summed E-state index contributed by atoms with van der Waals surface area (Å²) >= 11 is 3.18. The first-order valence-electron chi connectivity index (χ1n) is 7.32. The molecule has 138 valence electrons. The molecule has 1 heterocycles. The molecule has 3 N–H and O–H groups in total. The molecule has 0 aliphatic heterocycles. The first kappa shape index (κ1) is 21.2. The van der Waals surface area contributed by atoms with Gasteiger partial charge in [-0.15, -0.1) is 0 Å². The fourth-order valence-electron chi connectivity index (χ4n) is 1.60. The maximum absolute atomic E-state index is 13.1. The molecule has 1 aromatic heterocycles. The minimum absolute atomic E-state index is 0.0429. The van der Waals surface area contributed by atoms with Crippen molar-refractivity contribution < 1.29 is 18.4 Å². The molecule has 1 unspecified atom stereocenters. The van der Waals surface area contributed by atoms with Gasteiger partial charge in [0.05, 0.1) is 5.69 Å². The molecule has 0 aliphatic rings. The number of halogens is 2. The summed E-state index contributed by atoms with van der Waals surface area (Å²) < 4.78 is 29.2. The number of nitrogens with zero attached hydrogens (tertiary/aromatic N) is 3. The van der Waals surface area contributed by atoms with Gasteiger partial charge in [-0.25, -0.2) is 14.0 Å². The number of aromatic nitrogens is 2. The second-order valence-corrected chi connectivity index (χ2v) is 6.74. The molecule has 0 aliphatic carbocycles. The Labute approximate surface area is 155 Å². The van der Waals surface area contributed by atoms with E-state index in [-0.39, 0.29) is 17.3 Å². The van der Waals surface area contributed by atoms with E-state index in [1.54, 1.807) is 6.26 Å². The Morgan fingerprint density at radius 3 is 2.76 bits per heavy atom. The zero-order valence-corrected chi connectivity index (χ0v) is 16.3. The zero-order chi connectivity index (χ0) is 18.8. The van der Waals surface area contributed by atoms with Crippen LogP contribution in [-0.2, 0) is 10.8 Å². The zero-order valence-electron chi connectivity index (χ0n) is 13.9. The van der Waals surface area contributed by atoms with Crippen LogP contribution in [0.4, 0.5) is 15.9 Å². The molecule has 0 radical (unpaired) electrons. The molecule has 0 saturated heterocycles. The summed E-state index contributed by atoms with van der Waals surface area (Å²) in [4.78, 5) is 4.14. The molecular weight excluding hydrogens is 417 g/mol. The number of anilines is 1. The third kappa shape index (κ3) is 6.52. The first-order valence-corrected chi connectivity index (χ1v) is 9.84. The van der Waals surface area contributed by atoms with Gasteiger partial charge >= 0.3 is 0 Å². The lowest BCUT2D eigenvalue weighted by Gasteiger charge is -2.05. The van der Waals surface area contributed by atoms with Gasteiger partial charge in [-0.3, -0.25) is 14.9 Å². The Morgan fingerprint density at radius 2 is 2.16 bits per heavy atom. The van der Waals surface area contributed by atoms with Gasteiger partial charge in [-0.05, 0) is 44.4 Å². The van der Waals surface area contributed by atoms with E-state index in [9.17, 15) is 13.8 Å². The van der Waals surface area contributed by atoms with Crippen molar-refractivity contribution in [1.82, 2.24) is 15.8 Å². The van der Waals surface area contributed by atoms with Crippen molar-refractivity contribution in [3.63, 3.8) is 0 Å². The Balaban J connectivity index is 0.00000151. The van der Waals surface area contributed by atoms with Crippen LogP contribution in [0.3, 0.4) is 0 Å². The van der Waals surface area contributed by atoms with Crippen LogP contribution < -0.4 is 10.8 Å². The van der Waals surface area contributed by atoms with Gasteiger partial charge in [0.25, 0.3) is 0 Å². The Morgan fingerprint density at radius 1 is 1.44 bits per heavy atom. The van der Waals surface area contributed by atoms with E-state index in [1.165, 1.54) is 18.2 Å². The number of hydrogen-bond acceptors (Lipinski definition) is 7. The molecule has 0 bridgehead atoms. The Kier molecular flexibility index (Phi) is 9.24. The van der Waals surface area contributed by atoms with Gasteiger partial charge < -0.3 is 5.32 Å². The number of hydrogen-bond donors (Lipinski definition) is 3. The molecule has 11 heteroatoms. The van der Waals surface area contributed by atoms with Gasteiger partial charge in [0.2, 0.25) is 5.82 Å². The smallest absolute Gasteiger partial charge is 0.202 e. The Bertz CT molecular complexity index is 741. The fraction of sp³-hybridized carbons (Fsp3) is 0.357. The second kappa shape index (κ2) is 10.9. The largest absolute Gasteiger partial charge is 0.364 e. The molecule has 0 saturated carbocycles. The first-order chi connectivity index (χ1) is 12.0. The van der Waals surface area contributed by atoms with Crippen molar-refractivity contribution in [3.05, 3.63) is 34.2 Å². The van der Waals surface area contributed by atoms with Gasteiger partial charge in [-0.2, -0.15) is 0 Å². The average Bonchev–Trinajstić information content (AvgIpc) is 3.04. The van der Waals surface area contributed by atoms with Crippen molar-refractivity contribution in [2.24, 2.45) is 4.99 Å². The highest BCUT2D eigenvalue weighted by molar-refractivity contribution is 9.10. The number of rotatable bonds is 6. The van der Waals surface area contributed by atoms with E-state index in [1.807, 2.05) is 19.3 Å². The topological polar surface area (TPSA) is 113 Å². The van der Waals surface area contributed by atoms with Crippen LogP contribution in [0.2, 0.25) is 0 Å². The Hall–Kier alpha value is -1.85. The van der Waals surface area contributed by atoms with E-state index >= 15 is 0 Å². The molecule has 25 heavy (non-hydrogen) atoms. The predicted molar refractivity (Wildman–Crippen MR) is 98.3 cm³/mol. The highest BCUT2D eigenvalue weighted by Gasteiger charge is 2.17. The van der Waals surface area contributed by atoms with Gasteiger partial charge in [0.1, 0.15) is 5.82 Å². The van der Waals surface area contributed by atoms with E-state index in [4.69, 9.17) is 0 Å². The number of aliphatic imine (C=N–C) groups is 1. The highest BCUT2D eigenvalue weighted by atomic mass is 79.9. The standard InChI is InChI=1S/C12H13BrFN5O3S.C2H6/c1-23(21)5-4-15-11-10(18-22-19-11)12(17-20)16-9-3-2-7(14)6-8(9)13;1-2/h2-3,6,20H,4-5H2,1H3,(H,15,19)(H,16,17);1-2H3. The normalized spacial score (nSPS) is 12.2. The summed E-state index contributed by atoms with van der Waals surface area (Å²) in [6, 6.07) is 3.90. The third-order valence-electron chi connectivity index (χ3n) is 2.64. The molecule has 1 atom stereocenters. The fourth-order valence-corrected chi connectivity index (χ4v) is 2.43. The minimum atomic E-state index is -0.961. The lowest BCUT2D eigenvalue weighted by molar-refractivity contribution is 0.234. The molecule has 0 amide bonds. The highest BCUT2D eigenvalue weighted by Crippen LogP contribution is 2.26. The number of benzene rings is 1. The summed E-state index contributed by atoms with van der Waals surface area (Å²) in [7, 11) is -0.961. The van der Waals surface area contributed by atoms with Crippen LogP contribution in [0, 0.1) is 5.82 Å². The van der Waals surface area contributed by atoms with E-state index in [2.05, 4.69) is 41.2 Å². The van der Waals surface area contributed by atoms with Crippen molar-refractivity contribution in [3.8, 4) is 0 Å². The molecule has 2 aromatic rings. The number of amidine groups is 1. The number of nitrogens with one attached hydrogen (secondary N) is 2. The molecule has 2 rings (SSSR count). The van der Waals surface area contributed by atoms with Gasteiger partial charge in [0.15, 0.2) is 11.5 Å². The van der Waals surface area contributed by atoms with Crippen LogP contribution >= 0.6 is 15.9 Å². The van der Waals surface area contributed by atoms with Crippen LogP contribution in [0.1, 0.15) is 19.5 Å².